The van der Waals surface area contributed by atoms with E-state index in [-0.39, 0.29) is 24.2 Å². The first kappa shape index (κ1) is 20.4. The topological polar surface area (TPSA) is 141 Å². The van der Waals surface area contributed by atoms with Gasteiger partial charge in [-0.25, -0.2) is 0 Å². The predicted octanol–water partition coefficient (Wildman–Crippen LogP) is 1.98. The van der Waals surface area contributed by atoms with E-state index >= 15 is 0 Å². The summed E-state index contributed by atoms with van der Waals surface area (Å²) in [5.41, 5.74) is 3.30. The number of anilines is 1. The number of benzene rings is 2. The predicted molar refractivity (Wildman–Crippen MR) is 114 cm³/mol. The fourth-order valence-electron chi connectivity index (χ4n) is 4.10. The quantitative estimate of drug-likeness (QED) is 0.572. The van der Waals surface area contributed by atoms with Gasteiger partial charge < -0.3 is 14.7 Å². The van der Waals surface area contributed by atoms with Crippen molar-refractivity contribution in [1.82, 2.24) is 20.4 Å². The van der Waals surface area contributed by atoms with Crippen molar-refractivity contribution in [1.29, 1.82) is 5.26 Å². The molecule has 3 amide bonds. The minimum absolute atomic E-state index is 0.208. The molecule has 0 spiro atoms. The number of carbonyl (C=O) groups is 3. The van der Waals surface area contributed by atoms with E-state index in [9.17, 15) is 19.6 Å². The lowest BCUT2D eigenvalue weighted by atomic mass is 10.0. The number of rotatable bonds is 5. The summed E-state index contributed by atoms with van der Waals surface area (Å²) < 4.78 is 5.25. The maximum atomic E-state index is 12.8. The molecule has 3 heterocycles. The first-order valence-corrected chi connectivity index (χ1v) is 10.4. The monoisotopic (exact) mass is 442 g/mol. The van der Waals surface area contributed by atoms with Gasteiger partial charge in [-0.3, -0.25) is 19.7 Å². The van der Waals surface area contributed by atoms with E-state index in [1.807, 2.05) is 12.1 Å². The van der Waals surface area contributed by atoms with Crippen molar-refractivity contribution in [3.8, 4) is 17.5 Å². The fourth-order valence-corrected chi connectivity index (χ4v) is 4.10. The lowest BCUT2D eigenvalue weighted by molar-refractivity contribution is -0.136. The summed E-state index contributed by atoms with van der Waals surface area (Å²) in [6, 6.07) is 14.1. The minimum Gasteiger partial charge on any atom is -0.334 e. The van der Waals surface area contributed by atoms with Gasteiger partial charge in [0.25, 0.3) is 5.91 Å². The van der Waals surface area contributed by atoms with Crippen LogP contribution in [0.1, 0.15) is 39.9 Å². The van der Waals surface area contributed by atoms with Crippen LogP contribution in [-0.4, -0.2) is 38.8 Å². The Kier molecular flexibility index (Phi) is 5.06. The van der Waals surface area contributed by atoms with Crippen LogP contribution >= 0.6 is 0 Å². The second-order valence-corrected chi connectivity index (χ2v) is 7.83. The van der Waals surface area contributed by atoms with Gasteiger partial charge in [-0.2, -0.15) is 10.2 Å². The highest BCUT2D eigenvalue weighted by Gasteiger charge is 2.39. The van der Waals surface area contributed by atoms with Crippen LogP contribution in [0.3, 0.4) is 0 Å². The average Bonchev–Trinajstić information content (AvgIpc) is 3.42. The molecule has 1 fully saturated rings. The molecule has 1 atom stereocenters. The van der Waals surface area contributed by atoms with E-state index in [1.165, 1.54) is 4.90 Å². The summed E-state index contributed by atoms with van der Waals surface area (Å²) in [4.78, 5) is 42.2. The molecule has 0 radical (unpaired) electrons. The Morgan fingerprint density at radius 1 is 1.18 bits per heavy atom. The van der Waals surface area contributed by atoms with E-state index in [2.05, 4.69) is 26.8 Å². The summed E-state index contributed by atoms with van der Waals surface area (Å²) in [6.07, 6.45) is 0.546. The summed E-state index contributed by atoms with van der Waals surface area (Å²) in [6.45, 7) is 0.686. The van der Waals surface area contributed by atoms with Crippen LogP contribution in [-0.2, 0) is 22.7 Å². The number of hydrogen-bond donors (Lipinski definition) is 2. The number of amides is 3. The summed E-state index contributed by atoms with van der Waals surface area (Å²) in [5.74, 6) is -0.640. The van der Waals surface area contributed by atoms with Gasteiger partial charge in [0, 0.05) is 30.6 Å². The van der Waals surface area contributed by atoms with E-state index in [0.717, 1.165) is 11.1 Å². The largest absolute Gasteiger partial charge is 0.334 e. The molecule has 5 rings (SSSR count). The Morgan fingerprint density at radius 3 is 2.85 bits per heavy atom. The second kappa shape index (κ2) is 8.20. The lowest BCUT2D eigenvalue weighted by Gasteiger charge is -2.29. The van der Waals surface area contributed by atoms with Gasteiger partial charge in [0.05, 0.1) is 11.6 Å². The van der Waals surface area contributed by atoms with Crippen molar-refractivity contribution in [3.63, 3.8) is 0 Å². The molecule has 2 aliphatic rings. The third-order valence-electron chi connectivity index (χ3n) is 5.75. The highest BCUT2D eigenvalue weighted by atomic mass is 16.5. The van der Waals surface area contributed by atoms with Crippen LogP contribution in [0.2, 0.25) is 0 Å². The van der Waals surface area contributed by atoms with E-state index < -0.39 is 11.9 Å². The standard InChI is InChI=1S/C23H18N6O4/c24-10-14-3-1-2-4-16(14)20-27-23(33-28-20)25-11-13-5-6-17-15(9-13)12-29(22(17)32)18-7-8-19(30)26-21(18)31/h1-6,9,18H,7-8,11-12H2,(H,25,27,28)(H,26,30,31). The number of hydrogen-bond acceptors (Lipinski definition) is 8. The molecule has 0 saturated carbocycles. The third kappa shape index (κ3) is 3.80. The SMILES string of the molecule is N#Cc1ccccc1-c1noc(NCc2ccc3c(c2)CN(C2CCC(=O)NC2=O)C3=O)n1. The zero-order valence-electron chi connectivity index (χ0n) is 17.4. The molecule has 0 aliphatic carbocycles. The zero-order valence-corrected chi connectivity index (χ0v) is 17.4. The highest BCUT2D eigenvalue weighted by Crippen LogP contribution is 2.28. The van der Waals surface area contributed by atoms with E-state index in [1.54, 1.807) is 30.3 Å². The normalized spacial score (nSPS) is 17.5. The molecule has 3 aromatic rings. The summed E-state index contributed by atoms with van der Waals surface area (Å²) >= 11 is 0. The van der Waals surface area contributed by atoms with Gasteiger partial charge in [-0.05, 0) is 35.7 Å². The van der Waals surface area contributed by atoms with E-state index in [0.29, 0.717) is 42.0 Å². The van der Waals surface area contributed by atoms with Gasteiger partial charge in [0.2, 0.25) is 17.6 Å². The number of imide groups is 1. The third-order valence-corrected chi connectivity index (χ3v) is 5.75. The van der Waals surface area contributed by atoms with Crippen molar-refractivity contribution < 1.29 is 18.9 Å². The van der Waals surface area contributed by atoms with Gasteiger partial charge in [-0.15, -0.1) is 0 Å². The molecule has 2 aromatic carbocycles. The maximum Gasteiger partial charge on any atom is 0.322 e. The molecule has 10 nitrogen and oxygen atoms in total. The molecule has 1 aromatic heterocycles. The van der Waals surface area contributed by atoms with Crippen LogP contribution in [0, 0.1) is 11.3 Å². The highest BCUT2D eigenvalue weighted by molar-refractivity contribution is 6.05. The van der Waals surface area contributed by atoms with Gasteiger partial charge in [0.15, 0.2) is 0 Å². The molecule has 1 unspecified atom stereocenters. The van der Waals surface area contributed by atoms with Crippen molar-refractivity contribution in [2.45, 2.75) is 32.0 Å². The summed E-state index contributed by atoms with van der Waals surface area (Å²) in [5, 5.41) is 18.5. The molecule has 10 heteroatoms. The van der Waals surface area contributed by atoms with Gasteiger partial charge >= 0.3 is 6.01 Å². The number of nitrogens with zero attached hydrogens (tertiary/aromatic N) is 4. The molecule has 2 N–H and O–H groups in total. The van der Waals surface area contributed by atoms with Crippen LogP contribution in [0.25, 0.3) is 11.4 Å². The number of nitrogens with one attached hydrogen (secondary N) is 2. The Morgan fingerprint density at radius 2 is 2.03 bits per heavy atom. The van der Waals surface area contributed by atoms with Gasteiger partial charge in [0.1, 0.15) is 6.04 Å². The number of carbonyl (C=O) groups excluding carboxylic acids is 3. The molecular formula is C23H18N6O4. The molecule has 0 bridgehead atoms. The van der Waals surface area contributed by atoms with Crippen LogP contribution in [0.5, 0.6) is 0 Å². The number of fused-ring (bicyclic) bond motifs is 1. The molecule has 164 valence electrons. The van der Waals surface area contributed by atoms with Crippen LogP contribution in [0.4, 0.5) is 6.01 Å². The Labute approximate surface area is 188 Å². The zero-order chi connectivity index (χ0) is 22.9. The molecular weight excluding hydrogens is 424 g/mol. The Hall–Kier alpha value is -4.52. The van der Waals surface area contributed by atoms with Crippen LogP contribution < -0.4 is 10.6 Å². The van der Waals surface area contributed by atoms with Crippen molar-refractivity contribution in [3.05, 3.63) is 64.7 Å². The number of piperidine rings is 1. The Balaban J connectivity index is 1.27. The molecule has 2 aliphatic heterocycles. The minimum atomic E-state index is -0.641. The lowest BCUT2D eigenvalue weighted by Crippen LogP contribution is -2.52. The van der Waals surface area contributed by atoms with Crippen LogP contribution in [0.15, 0.2) is 47.0 Å². The van der Waals surface area contributed by atoms with Gasteiger partial charge in [-0.1, -0.05) is 29.4 Å². The Bertz CT molecular complexity index is 1320. The first-order chi connectivity index (χ1) is 16.0. The fraction of sp³-hybridized carbons (Fsp3) is 0.217. The van der Waals surface area contributed by atoms with Crippen molar-refractivity contribution in [2.75, 3.05) is 5.32 Å². The van der Waals surface area contributed by atoms with Crippen molar-refractivity contribution >= 4 is 23.7 Å². The first-order valence-electron chi connectivity index (χ1n) is 10.4. The van der Waals surface area contributed by atoms with Crippen molar-refractivity contribution in [2.24, 2.45) is 0 Å². The average molecular weight is 442 g/mol. The smallest absolute Gasteiger partial charge is 0.322 e. The maximum absolute atomic E-state index is 12.8. The number of aromatic nitrogens is 2. The molecule has 33 heavy (non-hydrogen) atoms. The number of nitriles is 1. The molecule has 1 saturated heterocycles. The van der Waals surface area contributed by atoms with E-state index in [4.69, 9.17) is 4.52 Å². The summed E-state index contributed by atoms with van der Waals surface area (Å²) in [7, 11) is 0. The second-order valence-electron chi connectivity index (χ2n) is 7.83.